The summed E-state index contributed by atoms with van der Waals surface area (Å²) < 4.78 is 0. The van der Waals surface area contributed by atoms with Crippen molar-refractivity contribution in [3.05, 3.63) is 42.1 Å². The zero-order valence-electron chi connectivity index (χ0n) is 12.9. The number of carbonyl (C=O) groups excluding carboxylic acids is 1. The second-order valence-electron chi connectivity index (χ2n) is 5.58. The van der Waals surface area contributed by atoms with Crippen molar-refractivity contribution < 1.29 is 4.79 Å². The van der Waals surface area contributed by atoms with Crippen molar-refractivity contribution in [1.29, 1.82) is 0 Å². The van der Waals surface area contributed by atoms with Gasteiger partial charge < -0.3 is 4.90 Å². The highest BCUT2D eigenvalue weighted by Crippen LogP contribution is 2.18. The molecule has 1 saturated heterocycles. The van der Waals surface area contributed by atoms with Crippen molar-refractivity contribution >= 4 is 28.6 Å². The summed E-state index contributed by atoms with van der Waals surface area (Å²) in [4.78, 5) is 20.8. The summed E-state index contributed by atoms with van der Waals surface area (Å²) in [7, 11) is 0. The molecule has 0 bridgehead atoms. The quantitative estimate of drug-likeness (QED) is 0.867. The highest BCUT2D eigenvalue weighted by atomic mass is 32.2. The van der Waals surface area contributed by atoms with Crippen LogP contribution in [0.15, 0.2) is 36.5 Å². The third-order valence-corrected chi connectivity index (χ3v) is 4.64. The molecular formula is C17H21N3OS. The molecule has 0 unspecified atom stereocenters. The molecule has 0 radical (unpaired) electrons. The Labute approximate surface area is 135 Å². The molecule has 1 fully saturated rings. The van der Waals surface area contributed by atoms with Gasteiger partial charge in [-0.3, -0.25) is 14.7 Å². The van der Waals surface area contributed by atoms with Crippen LogP contribution in [0.25, 0.3) is 10.9 Å². The standard InChI is InChI=1S/C17H21N3OS/c1-22-13-16(21)20-10-8-19(9-11-20)12-15-5-2-4-14-6-3-7-18-17(14)15/h2-7H,8-13H2,1H3. The van der Waals surface area contributed by atoms with Gasteiger partial charge in [-0.25, -0.2) is 0 Å². The van der Waals surface area contributed by atoms with Gasteiger partial charge in [0.1, 0.15) is 0 Å². The van der Waals surface area contributed by atoms with Gasteiger partial charge in [-0.15, -0.1) is 0 Å². The lowest BCUT2D eigenvalue weighted by atomic mass is 10.1. The minimum absolute atomic E-state index is 0.263. The van der Waals surface area contributed by atoms with Crippen molar-refractivity contribution in [3.63, 3.8) is 0 Å². The first-order valence-corrected chi connectivity index (χ1v) is 8.99. The lowest BCUT2D eigenvalue weighted by Crippen LogP contribution is -2.48. The fourth-order valence-corrected chi connectivity index (χ4v) is 3.34. The second kappa shape index (κ2) is 7.11. The molecule has 0 saturated carbocycles. The topological polar surface area (TPSA) is 36.4 Å². The summed E-state index contributed by atoms with van der Waals surface area (Å²) in [5.74, 6) is 0.853. The number of hydrogen-bond acceptors (Lipinski definition) is 4. The number of amides is 1. The summed E-state index contributed by atoms with van der Waals surface area (Å²) in [6.45, 7) is 4.43. The normalized spacial score (nSPS) is 16.1. The maximum Gasteiger partial charge on any atom is 0.232 e. The van der Waals surface area contributed by atoms with Crippen LogP contribution in [0.3, 0.4) is 0 Å². The van der Waals surface area contributed by atoms with Crippen molar-refractivity contribution in [3.8, 4) is 0 Å². The first kappa shape index (κ1) is 15.3. The molecular weight excluding hydrogens is 294 g/mol. The SMILES string of the molecule is CSCC(=O)N1CCN(Cc2cccc3cccnc23)CC1. The van der Waals surface area contributed by atoms with E-state index in [-0.39, 0.29) is 5.91 Å². The van der Waals surface area contributed by atoms with E-state index in [0.29, 0.717) is 5.75 Å². The molecule has 1 aliphatic heterocycles. The molecule has 3 rings (SSSR count). The van der Waals surface area contributed by atoms with Crippen LogP contribution in [-0.4, -0.2) is 58.9 Å². The number of aromatic nitrogens is 1. The predicted octanol–water partition coefficient (Wildman–Crippen LogP) is 2.24. The van der Waals surface area contributed by atoms with E-state index in [9.17, 15) is 4.79 Å². The molecule has 22 heavy (non-hydrogen) atoms. The zero-order valence-corrected chi connectivity index (χ0v) is 13.7. The maximum atomic E-state index is 11.9. The van der Waals surface area contributed by atoms with Gasteiger partial charge >= 0.3 is 0 Å². The minimum Gasteiger partial charge on any atom is -0.339 e. The van der Waals surface area contributed by atoms with E-state index in [2.05, 4.69) is 34.1 Å². The number of piperazine rings is 1. The van der Waals surface area contributed by atoms with E-state index in [1.54, 1.807) is 11.8 Å². The molecule has 1 aliphatic rings. The number of fused-ring (bicyclic) bond motifs is 1. The molecule has 116 valence electrons. The lowest BCUT2D eigenvalue weighted by molar-refractivity contribution is -0.130. The number of rotatable bonds is 4. The maximum absolute atomic E-state index is 11.9. The van der Waals surface area contributed by atoms with Gasteiger partial charge in [0.05, 0.1) is 11.3 Å². The van der Waals surface area contributed by atoms with Crippen LogP contribution in [0.2, 0.25) is 0 Å². The zero-order chi connectivity index (χ0) is 15.4. The van der Waals surface area contributed by atoms with E-state index in [4.69, 9.17) is 0 Å². The Morgan fingerprint density at radius 2 is 1.95 bits per heavy atom. The van der Waals surface area contributed by atoms with E-state index < -0.39 is 0 Å². The van der Waals surface area contributed by atoms with Crippen LogP contribution >= 0.6 is 11.8 Å². The Hall–Kier alpha value is -1.59. The highest BCUT2D eigenvalue weighted by molar-refractivity contribution is 7.99. The van der Waals surface area contributed by atoms with Crippen LogP contribution in [0, 0.1) is 0 Å². The van der Waals surface area contributed by atoms with Gasteiger partial charge in [0, 0.05) is 44.3 Å². The summed E-state index contributed by atoms with van der Waals surface area (Å²) in [5, 5.41) is 1.19. The van der Waals surface area contributed by atoms with Crippen molar-refractivity contribution in [1.82, 2.24) is 14.8 Å². The van der Waals surface area contributed by atoms with Crippen LogP contribution in [0.1, 0.15) is 5.56 Å². The number of pyridine rings is 1. The second-order valence-corrected chi connectivity index (χ2v) is 6.45. The number of hydrogen-bond donors (Lipinski definition) is 0. The summed E-state index contributed by atoms with van der Waals surface area (Å²) >= 11 is 1.60. The summed E-state index contributed by atoms with van der Waals surface area (Å²) in [6, 6.07) is 10.4. The Morgan fingerprint density at radius 1 is 1.18 bits per heavy atom. The Bertz CT molecular complexity index is 648. The predicted molar refractivity (Wildman–Crippen MR) is 92.0 cm³/mol. The van der Waals surface area contributed by atoms with Crippen molar-refractivity contribution in [2.45, 2.75) is 6.54 Å². The number of nitrogens with zero attached hydrogens (tertiary/aromatic N) is 3. The van der Waals surface area contributed by atoms with E-state index >= 15 is 0 Å². The number of carbonyl (C=O) groups is 1. The average Bonchev–Trinajstić information content (AvgIpc) is 2.56. The first-order chi connectivity index (χ1) is 10.8. The van der Waals surface area contributed by atoms with Gasteiger partial charge in [0.15, 0.2) is 0 Å². The number of benzene rings is 1. The molecule has 0 aliphatic carbocycles. The molecule has 0 N–H and O–H groups in total. The van der Waals surface area contributed by atoms with Gasteiger partial charge in [0.2, 0.25) is 5.91 Å². The van der Waals surface area contributed by atoms with Crippen molar-refractivity contribution in [2.75, 3.05) is 38.2 Å². The third-order valence-electron chi connectivity index (χ3n) is 4.10. The fourth-order valence-electron chi connectivity index (χ4n) is 2.91. The molecule has 1 aromatic carbocycles. The van der Waals surface area contributed by atoms with Crippen LogP contribution in [0.5, 0.6) is 0 Å². The Balaban J connectivity index is 1.64. The third kappa shape index (κ3) is 3.42. The van der Waals surface area contributed by atoms with E-state index in [1.165, 1.54) is 10.9 Å². The van der Waals surface area contributed by atoms with Gasteiger partial charge in [-0.05, 0) is 17.9 Å². The smallest absolute Gasteiger partial charge is 0.232 e. The van der Waals surface area contributed by atoms with Crippen LogP contribution in [0.4, 0.5) is 0 Å². The van der Waals surface area contributed by atoms with Gasteiger partial charge in [-0.2, -0.15) is 11.8 Å². The summed E-state index contributed by atoms with van der Waals surface area (Å²) in [6.07, 6.45) is 3.83. The first-order valence-electron chi connectivity index (χ1n) is 7.59. The molecule has 2 aromatic rings. The molecule has 2 heterocycles. The molecule has 1 amide bonds. The molecule has 0 spiro atoms. The summed E-state index contributed by atoms with van der Waals surface area (Å²) in [5.41, 5.74) is 2.35. The van der Waals surface area contributed by atoms with E-state index in [1.807, 2.05) is 23.4 Å². The van der Waals surface area contributed by atoms with Gasteiger partial charge in [-0.1, -0.05) is 24.3 Å². The highest BCUT2D eigenvalue weighted by Gasteiger charge is 2.21. The molecule has 1 aromatic heterocycles. The average molecular weight is 315 g/mol. The fraction of sp³-hybridized carbons (Fsp3) is 0.412. The van der Waals surface area contributed by atoms with Crippen molar-refractivity contribution in [2.24, 2.45) is 0 Å². The largest absolute Gasteiger partial charge is 0.339 e. The van der Waals surface area contributed by atoms with Crippen LogP contribution < -0.4 is 0 Å². The molecule has 0 atom stereocenters. The van der Waals surface area contributed by atoms with Crippen LogP contribution in [-0.2, 0) is 11.3 Å². The Kier molecular flexibility index (Phi) is 4.95. The van der Waals surface area contributed by atoms with E-state index in [0.717, 1.165) is 38.2 Å². The minimum atomic E-state index is 0.263. The van der Waals surface area contributed by atoms with Gasteiger partial charge in [0.25, 0.3) is 0 Å². The number of para-hydroxylation sites is 1. The Morgan fingerprint density at radius 3 is 2.73 bits per heavy atom. The molecule has 5 heteroatoms. The molecule has 4 nitrogen and oxygen atoms in total. The number of thioether (sulfide) groups is 1. The lowest BCUT2D eigenvalue weighted by Gasteiger charge is -2.34. The monoisotopic (exact) mass is 315 g/mol.